The van der Waals surface area contributed by atoms with Gasteiger partial charge in [-0.2, -0.15) is 13.2 Å². The molecular weight excluding hydrogens is 245 g/mol. The maximum absolute atomic E-state index is 12.6. The predicted molar refractivity (Wildman–Crippen MR) is 64.2 cm³/mol. The molecule has 0 saturated carbocycles. The first-order valence-corrected chi connectivity index (χ1v) is 6.66. The third kappa shape index (κ3) is 7.56. The number of alkyl halides is 3. The summed E-state index contributed by atoms with van der Waals surface area (Å²) in [5.74, 6) is -3.10. The molecule has 18 heavy (non-hydrogen) atoms. The van der Waals surface area contributed by atoms with Gasteiger partial charge in [-0.25, -0.2) is 0 Å². The highest BCUT2D eigenvalue weighted by Gasteiger charge is 2.45. The zero-order chi connectivity index (χ0) is 14.0. The lowest BCUT2D eigenvalue weighted by Crippen LogP contribution is -2.32. The molecule has 0 aromatic carbocycles. The first kappa shape index (κ1) is 17.3. The van der Waals surface area contributed by atoms with Gasteiger partial charge in [0.2, 0.25) is 0 Å². The molecule has 0 aromatic heterocycles. The number of carbonyl (C=O) groups is 1. The van der Waals surface area contributed by atoms with Crippen molar-refractivity contribution in [2.45, 2.75) is 65.0 Å². The highest BCUT2D eigenvalue weighted by molar-refractivity contribution is 5.73. The Morgan fingerprint density at radius 3 is 2.11 bits per heavy atom. The third-order valence-corrected chi connectivity index (χ3v) is 2.81. The van der Waals surface area contributed by atoms with E-state index >= 15 is 0 Å². The largest absolute Gasteiger partial charge is 0.466 e. The van der Waals surface area contributed by atoms with Crippen LogP contribution in [0.15, 0.2) is 0 Å². The second-order valence-electron chi connectivity index (χ2n) is 4.40. The third-order valence-electron chi connectivity index (χ3n) is 2.81. The fraction of sp³-hybridized carbons (Fsp3) is 0.923. The molecule has 2 nitrogen and oxygen atoms in total. The van der Waals surface area contributed by atoms with Crippen LogP contribution in [0, 0.1) is 5.92 Å². The summed E-state index contributed by atoms with van der Waals surface area (Å²) in [6.45, 7) is 3.58. The van der Waals surface area contributed by atoms with Crippen molar-refractivity contribution in [3.63, 3.8) is 0 Å². The number of carbonyl (C=O) groups excluding carboxylic acids is 1. The molecule has 0 spiro atoms. The van der Waals surface area contributed by atoms with Crippen LogP contribution in [0.5, 0.6) is 0 Å². The van der Waals surface area contributed by atoms with Crippen molar-refractivity contribution < 1.29 is 22.7 Å². The van der Waals surface area contributed by atoms with E-state index in [0.29, 0.717) is 6.42 Å². The minimum atomic E-state index is -4.49. The molecular formula is C13H23F3O2. The Hall–Kier alpha value is -0.740. The summed E-state index contributed by atoms with van der Waals surface area (Å²) < 4.78 is 42.3. The van der Waals surface area contributed by atoms with E-state index in [2.05, 4.69) is 11.7 Å². The van der Waals surface area contributed by atoms with Gasteiger partial charge >= 0.3 is 12.1 Å². The number of hydrogen-bond donors (Lipinski definition) is 0. The average molecular weight is 268 g/mol. The van der Waals surface area contributed by atoms with Crippen molar-refractivity contribution >= 4 is 5.97 Å². The standard InChI is InChI=1S/C13H23F3O2/c1-3-5-6-7-8-9-10-11(13(14,15)16)12(17)18-4-2/h11H,3-10H2,1-2H3/t11-/m1/s1. The first-order chi connectivity index (χ1) is 8.43. The van der Waals surface area contributed by atoms with Gasteiger partial charge < -0.3 is 4.74 Å². The maximum atomic E-state index is 12.6. The van der Waals surface area contributed by atoms with Gasteiger partial charge in [-0.15, -0.1) is 0 Å². The molecule has 0 fully saturated rings. The van der Waals surface area contributed by atoms with Crippen LogP contribution in [0.25, 0.3) is 0 Å². The fourth-order valence-corrected chi connectivity index (χ4v) is 1.79. The average Bonchev–Trinajstić information content (AvgIpc) is 2.26. The normalized spacial score (nSPS) is 13.4. The zero-order valence-electron chi connectivity index (χ0n) is 11.2. The van der Waals surface area contributed by atoms with Crippen LogP contribution in [0.2, 0.25) is 0 Å². The lowest BCUT2D eigenvalue weighted by Gasteiger charge is -2.18. The fourth-order valence-electron chi connectivity index (χ4n) is 1.79. The van der Waals surface area contributed by atoms with E-state index in [1.54, 1.807) is 0 Å². The molecule has 0 N–H and O–H groups in total. The summed E-state index contributed by atoms with van der Waals surface area (Å²) in [5, 5.41) is 0. The number of halogens is 3. The topological polar surface area (TPSA) is 26.3 Å². The number of unbranched alkanes of at least 4 members (excludes halogenated alkanes) is 5. The van der Waals surface area contributed by atoms with Gasteiger partial charge in [-0.05, 0) is 13.3 Å². The van der Waals surface area contributed by atoms with E-state index in [1.165, 1.54) is 6.92 Å². The minimum absolute atomic E-state index is 0.0120. The summed E-state index contributed by atoms with van der Waals surface area (Å²) in [4.78, 5) is 11.2. The molecule has 0 amide bonds. The van der Waals surface area contributed by atoms with Crippen molar-refractivity contribution in [2.75, 3.05) is 6.61 Å². The number of esters is 1. The van der Waals surface area contributed by atoms with Crippen LogP contribution in [0.4, 0.5) is 13.2 Å². The van der Waals surface area contributed by atoms with Crippen LogP contribution in [-0.4, -0.2) is 18.8 Å². The molecule has 0 aliphatic rings. The van der Waals surface area contributed by atoms with Crippen LogP contribution in [0.1, 0.15) is 58.8 Å². The molecule has 5 heteroatoms. The van der Waals surface area contributed by atoms with E-state index in [0.717, 1.165) is 32.1 Å². The molecule has 0 aliphatic heterocycles. The molecule has 1 atom stereocenters. The van der Waals surface area contributed by atoms with Crippen LogP contribution < -0.4 is 0 Å². The van der Waals surface area contributed by atoms with Gasteiger partial charge in [-0.1, -0.05) is 45.4 Å². The molecule has 0 saturated heterocycles. The molecule has 0 rings (SSSR count). The number of rotatable bonds is 9. The van der Waals surface area contributed by atoms with E-state index in [4.69, 9.17) is 0 Å². The molecule has 0 bridgehead atoms. The second kappa shape index (κ2) is 9.22. The molecule has 0 aromatic rings. The van der Waals surface area contributed by atoms with Gasteiger partial charge in [0.15, 0.2) is 5.92 Å². The smallest absolute Gasteiger partial charge is 0.402 e. The van der Waals surface area contributed by atoms with E-state index < -0.39 is 18.1 Å². The second-order valence-corrected chi connectivity index (χ2v) is 4.40. The Bertz CT molecular complexity index is 227. The monoisotopic (exact) mass is 268 g/mol. The van der Waals surface area contributed by atoms with Crippen LogP contribution in [0.3, 0.4) is 0 Å². The maximum Gasteiger partial charge on any atom is 0.402 e. The summed E-state index contributed by atoms with van der Waals surface area (Å²) in [6.07, 6.45) is 0.714. The Labute approximate surface area is 107 Å². The van der Waals surface area contributed by atoms with E-state index in [9.17, 15) is 18.0 Å². The SMILES string of the molecule is CCCCCCCC[C@H](C(=O)OCC)C(F)(F)F. The molecule has 0 unspecified atom stereocenters. The minimum Gasteiger partial charge on any atom is -0.466 e. The van der Waals surface area contributed by atoms with E-state index in [1.807, 2.05) is 0 Å². The van der Waals surface area contributed by atoms with Gasteiger partial charge in [-0.3, -0.25) is 4.79 Å². The van der Waals surface area contributed by atoms with Gasteiger partial charge in [0, 0.05) is 0 Å². The lowest BCUT2D eigenvalue weighted by molar-refractivity contribution is -0.198. The quantitative estimate of drug-likeness (QED) is 0.455. The Balaban J connectivity index is 3.99. The number of ether oxygens (including phenoxy) is 1. The van der Waals surface area contributed by atoms with Gasteiger partial charge in [0.1, 0.15) is 0 Å². The van der Waals surface area contributed by atoms with Crippen LogP contribution >= 0.6 is 0 Å². The first-order valence-electron chi connectivity index (χ1n) is 6.66. The highest BCUT2D eigenvalue weighted by Crippen LogP contribution is 2.31. The van der Waals surface area contributed by atoms with Crippen molar-refractivity contribution in [2.24, 2.45) is 5.92 Å². The molecule has 0 heterocycles. The molecule has 108 valence electrons. The van der Waals surface area contributed by atoms with Crippen molar-refractivity contribution in [3.8, 4) is 0 Å². The zero-order valence-corrected chi connectivity index (χ0v) is 11.2. The highest BCUT2D eigenvalue weighted by atomic mass is 19.4. The Morgan fingerprint density at radius 1 is 1.06 bits per heavy atom. The van der Waals surface area contributed by atoms with E-state index in [-0.39, 0.29) is 13.0 Å². The van der Waals surface area contributed by atoms with Gasteiger partial charge in [0.25, 0.3) is 0 Å². The lowest BCUT2D eigenvalue weighted by atomic mass is 10.00. The van der Waals surface area contributed by atoms with Crippen LogP contribution in [-0.2, 0) is 9.53 Å². The molecule has 0 radical (unpaired) electrons. The van der Waals surface area contributed by atoms with Gasteiger partial charge in [0.05, 0.1) is 6.61 Å². The van der Waals surface area contributed by atoms with Crippen molar-refractivity contribution in [1.82, 2.24) is 0 Å². The summed E-state index contributed by atoms with van der Waals surface area (Å²) in [7, 11) is 0. The Morgan fingerprint density at radius 2 is 1.61 bits per heavy atom. The summed E-state index contributed by atoms with van der Waals surface area (Å²) in [5.41, 5.74) is 0. The van der Waals surface area contributed by atoms with Crippen molar-refractivity contribution in [3.05, 3.63) is 0 Å². The molecule has 0 aliphatic carbocycles. The Kier molecular flexibility index (Phi) is 8.85. The number of hydrogen-bond acceptors (Lipinski definition) is 2. The summed E-state index contributed by atoms with van der Waals surface area (Å²) >= 11 is 0. The van der Waals surface area contributed by atoms with Crippen molar-refractivity contribution in [1.29, 1.82) is 0 Å². The summed E-state index contributed by atoms with van der Waals surface area (Å²) in [6, 6.07) is 0. The predicted octanol–water partition coefficient (Wildman–Crippen LogP) is 4.48.